The first kappa shape index (κ1) is 29.8. The summed E-state index contributed by atoms with van der Waals surface area (Å²) in [6.45, 7) is 5.05. The fourth-order valence-electron chi connectivity index (χ4n) is 5.31. The van der Waals surface area contributed by atoms with E-state index < -0.39 is 0 Å². The van der Waals surface area contributed by atoms with Gasteiger partial charge in [0.05, 0.1) is 12.6 Å². The van der Waals surface area contributed by atoms with Crippen molar-refractivity contribution in [3.63, 3.8) is 0 Å². The summed E-state index contributed by atoms with van der Waals surface area (Å²) in [7, 11) is 1.66. The third kappa shape index (κ3) is 7.04. The van der Waals surface area contributed by atoms with E-state index in [1.165, 1.54) is 5.56 Å². The molecule has 0 aliphatic heterocycles. The van der Waals surface area contributed by atoms with Crippen molar-refractivity contribution in [1.29, 1.82) is 0 Å². The van der Waals surface area contributed by atoms with E-state index in [1.54, 1.807) is 13.3 Å². The first-order valence-corrected chi connectivity index (χ1v) is 14.8. The number of likely N-dealkylation sites (N-methyl/N-ethyl adjacent to an activating group) is 1. The van der Waals surface area contributed by atoms with Crippen LogP contribution in [0.5, 0.6) is 11.5 Å². The maximum atomic E-state index is 13.4. The lowest BCUT2D eigenvalue weighted by Crippen LogP contribution is -2.34. The Balaban J connectivity index is 1.50. The number of benzene rings is 4. The van der Waals surface area contributed by atoms with E-state index in [1.807, 2.05) is 60.4 Å². The Morgan fingerprint density at radius 1 is 0.860 bits per heavy atom. The molecule has 43 heavy (non-hydrogen) atoms. The van der Waals surface area contributed by atoms with Gasteiger partial charge in [-0.2, -0.15) is 0 Å². The molecule has 0 unspecified atom stereocenters. The van der Waals surface area contributed by atoms with Crippen molar-refractivity contribution in [2.45, 2.75) is 33.2 Å². The number of carbonyl (C=O) groups is 1. The minimum atomic E-state index is -0.0869. The summed E-state index contributed by atoms with van der Waals surface area (Å²) < 4.78 is 11.6. The van der Waals surface area contributed by atoms with Gasteiger partial charge < -0.3 is 19.5 Å². The summed E-state index contributed by atoms with van der Waals surface area (Å²) in [5.74, 6) is 1.33. The highest BCUT2D eigenvalue weighted by molar-refractivity contribution is 5.86. The molecule has 220 valence electrons. The number of aliphatic hydroxyl groups excluding tert-OH is 1. The van der Waals surface area contributed by atoms with Gasteiger partial charge in [0, 0.05) is 36.8 Å². The van der Waals surface area contributed by atoms with Gasteiger partial charge in [0.1, 0.15) is 11.5 Å². The zero-order valence-corrected chi connectivity index (χ0v) is 25.0. The molecular formula is C37H38N2O4. The first-order valence-electron chi connectivity index (χ1n) is 14.8. The fourth-order valence-corrected chi connectivity index (χ4v) is 5.31. The lowest BCUT2D eigenvalue weighted by atomic mass is 9.92. The highest BCUT2D eigenvalue weighted by atomic mass is 16.5. The number of carbonyl (C=O) groups excluding carboxylic acids is 1. The number of pyridine rings is 1. The highest BCUT2D eigenvalue weighted by Gasteiger charge is 2.19. The molecule has 0 saturated carbocycles. The quantitative estimate of drug-likeness (QED) is 0.172. The van der Waals surface area contributed by atoms with Gasteiger partial charge in [0.15, 0.2) is 6.61 Å². The summed E-state index contributed by atoms with van der Waals surface area (Å²) in [5, 5.41) is 10.6. The molecule has 4 aromatic carbocycles. The maximum Gasteiger partial charge on any atom is 0.260 e. The molecule has 0 fully saturated rings. The predicted molar refractivity (Wildman–Crippen MR) is 172 cm³/mol. The number of rotatable bonds is 12. The van der Waals surface area contributed by atoms with Gasteiger partial charge in [-0.3, -0.25) is 9.78 Å². The highest BCUT2D eigenvalue weighted by Crippen LogP contribution is 2.37. The SMILES string of the molecule is CCc1ccc(OCC(=O)N(CC)Cc2cc(-c3ccc4ncccc4c3)ccc2-c2cc(CCO)ccc2OC)cc1. The Hall–Kier alpha value is -4.68. The number of aromatic nitrogens is 1. The molecule has 0 saturated heterocycles. The molecule has 0 bridgehead atoms. The zero-order chi connectivity index (χ0) is 30.2. The molecule has 1 N–H and O–H groups in total. The smallest absolute Gasteiger partial charge is 0.260 e. The number of methoxy groups -OCH3 is 1. The Morgan fingerprint density at radius 3 is 2.37 bits per heavy atom. The van der Waals surface area contributed by atoms with E-state index in [-0.39, 0.29) is 19.1 Å². The van der Waals surface area contributed by atoms with Crippen LogP contribution < -0.4 is 9.47 Å². The van der Waals surface area contributed by atoms with Crippen LogP contribution >= 0.6 is 0 Å². The second-order valence-electron chi connectivity index (χ2n) is 10.5. The van der Waals surface area contributed by atoms with E-state index in [0.717, 1.165) is 56.5 Å². The normalized spacial score (nSPS) is 11.0. The van der Waals surface area contributed by atoms with E-state index in [4.69, 9.17) is 9.47 Å². The van der Waals surface area contributed by atoms with Gasteiger partial charge in [-0.25, -0.2) is 0 Å². The fraction of sp³-hybridized carbons (Fsp3) is 0.243. The van der Waals surface area contributed by atoms with Gasteiger partial charge >= 0.3 is 0 Å². The Bertz CT molecular complexity index is 1700. The molecule has 0 radical (unpaired) electrons. The number of amides is 1. The molecule has 1 heterocycles. The number of hydrogen-bond donors (Lipinski definition) is 1. The van der Waals surface area contributed by atoms with Crippen LogP contribution in [0.1, 0.15) is 30.5 Å². The van der Waals surface area contributed by atoms with Crippen LogP contribution in [0.4, 0.5) is 0 Å². The molecule has 0 spiro atoms. The maximum absolute atomic E-state index is 13.4. The Labute approximate surface area is 253 Å². The van der Waals surface area contributed by atoms with E-state index in [0.29, 0.717) is 25.3 Å². The van der Waals surface area contributed by atoms with Gasteiger partial charge in [-0.15, -0.1) is 0 Å². The van der Waals surface area contributed by atoms with Crippen molar-refractivity contribution in [3.8, 4) is 33.8 Å². The van der Waals surface area contributed by atoms with Crippen LogP contribution in [0.3, 0.4) is 0 Å². The third-order valence-electron chi connectivity index (χ3n) is 7.79. The molecule has 0 aliphatic rings. The van der Waals surface area contributed by atoms with Crippen LogP contribution in [0, 0.1) is 0 Å². The number of nitrogens with zero attached hydrogens (tertiary/aromatic N) is 2. The molecule has 6 heteroatoms. The Kier molecular flexibility index (Phi) is 9.70. The molecular weight excluding hydrogens is 536 g/mol. The lowest BCUT2D eigenvalue weighted by Gasteiger charge is -2.24. The van der Waals surface area contributed by atoms with Crippen molar-refractivity contribution in [3.05, 3.63) is 114 Å². The average molecular weight is 575 g/mol. The molecule has 6 nitrogen and oxygen atoms in total. The van der Waals surface area contributed by atoms with Gasteiger partial charge in [-0.05, 0) is 102 Å². The van der Waals surface area contributed by atoms with Crippen LogP contribution in [-0.4, -0.2) is 47.8 Å². The van der Waals surface area contributed by atoms with E-state index >= 15 is 0 Å². The summed E-state index contributed by atoms with van der Waals surface area (Å²) in [4.78, 5) is 19.7. The van der Waals surface area contributed by atoms with Crippen LogP contribution in [0.15, 0.2) is 97.2 Å². The minimum absolute atomic E-state index is 0.0404. The standard InChI is InChI=1S/C37H38N2O4/c1-4-26-8-13-32(14-9-26)43-25-37(41)39(5-2)24-31-23-28(29-12-16-35-30(22-29)7-6-19-38-35)11-15-33(31)34-21-27(18-20-40)10-17-36(34)42-3/h6-17,19,21-23,40H,4-5,18,20,24-25H2,1-3H3. The topological polar surface area (TPSA) is 71.9 Å². The van der Waals surface area contributed by atoms with E-state index in [2.05, 4.69) is 54.4 Å². The van der Waals surface area contributed by atoms with Crippen LogP contribution in [-0.2, 0) is 24.2 Å². The van der Waals surface area contributed by atoms with Gasteiger partial charge in [0.2, 0.25) is 0 Å². The Morgan fingerprint density at radius 2 is 1.63 bits per heavy atom. The summed E-state index contributed by atoms with van der Waals surface area (Å²) in [6, 6.07) is 30.5. The first-order chi connectivity index (χ1) is 21.0. The van der Waals surface area contributed by atoms with Crippen molar-refractivity contribution in [2.24, 2.45) is 0 Å². The number of ether oxygens (including phenoxy) is 2. The second-order valence-corrected chi connectivity index (χ2v) is 10.5. The second kappa shape index (κ2) is 14.0. The largest absolute Gasteiger partial charge is 0.496 e. The minimum Gasteiger partial charge on any atom is -0.496 e. The molecule has 1 aromatic heterocycles. The summed E-state index contributed by atoms with van der Waals surface area (Å²) in [6.07, 6.45) is 3.30. The van der Waals surface area contributed by atoms with Crippen molar-refractivity contribution in [2.75, 3.05) is 26.9 Å². The molecule has 5 aromatic rings. The molecule has 0 aliphatic carbocycles. The van der Waals surface area contributed by atoms with Crippen LogP contribution in [0.2, 0.25) is 0 Å². The van der Waals surface area contributed by atoms with Gasteiger partial charge in [-0.1, -0.05) is 49.4 Å². The summed E-state index contributed by atoms with van der Waals surface area (Å²) >= 11 is 0. The van der Waals surface area contributed by atoms with Crippen molar-refractivity contribution < 1.29 is 19.4 Å². The number of aliphatic hydroxyl groups is 1. The number of fused-ring (bicyclic) bond motifs is 1. The third-order valence-corrected chi connectivity index (χ3v) is 7.79. The van der Waals surface area contributed by atoms with Crippen molar-refractivity contribution >= 4 is 16.8 Å². The van der Waals surface area contributed by atoms with Crippen molar-refractivity contribution in [1.82, 2.24) is 9.88 Å². The number of aryl methyl sites for hydroxylation is 1. The molecule has 5 rings (SSSR count). The average Bonchev–Trinajstić information content (AvgIpc) is 3.06. The predicted octanol–water partition coefficient (Wildman–Crippen LogP) is 7.10. The van der Waals surface area contributed by atoms with Gasteiger partial charge in [0.25, 0.3) is 5.91 Å². The molecule has 0 atom stereocenters. The van der Waals surface area contributed by atoms with E-state index in [9.17, 15) is 9.90 Å². The zero-order valence-electron chi connectivity index (χ0n) is 25.0. The summed E-state index contributed by atoms with van der Waals surface area (Å²) in [5.41, 5.74) is 8.20. The monoisotopic (exact) mass is 574 g/mol. The number of hydrogen-bond acceptors (Lipinski definition) is 5. The van der Waals surface area contributed by atoms with Crippen LogP contribution in [0.25, 0.3) is 33.2 Å². The molecule has 1 amide bonds. The lowest BCUT2D eigenvalue weighted by molar-refractivity contribution is -0.133.